The highest BCUT2D eigenvalue weighted by Gasteiger charge is 2.41. The number of aryl methyl sites for hydroxylation is 1. The van der Waals surface area contributed by atoms with Crippen molar-refractivity contribution in [2.75, 3.05) is 37.6 Å². The minimum absolute atomic E-state index is 0.348. The maximum Gasteiger partial charge on any atom is 0.237 e. The number of carbonyl (C=O) groups is 1. The van der Waals surface area contributed by atoms with Gasteiger partial charge in [0.1, 0.15) is 0 Å². The second kappa shape index (κ2) is 6.39. The third kappa shape index (κ3) is 3.43. The Morgan fingerprint density at radius 3 is 2.54 bits per heavy atom. The number of aromatic amines is 1. The molecular weight excluding hydrogens is 302 g/mol. The van der Waals surface area contributed by atoms with E-state index in [4.69, 9.17) is 0 Å². The molecule has 3 fully saturated rings. The average Bonchev–Trinajstić information content (AvgIpc) is 3.47. The van der Waals surface area contributed by atoms with E-state index in [9.17, 15) is 4.79 Å². The SMILES string of the molecule is Cc1cc(N2CCN(CC(=O)N(C3CC3)C(C)C3CC3)CC2)n[nH]1. The second-order valence-corrected chi connectivity index (χ2v) is 7.78. The molecule has 1 aromatic heterocycles. The van der Waals surface area contributed by atoms with Gasteiger partial charge in [0.2, 0.25) is 5.91 Å². The van der Waals surface area contributed by atoms with E-state index in [1.165, 1.54) is 25.7 Å². The fourth-order valence-electron chi connectivity index (χ4n) is 3.90. The Bertz CT molecular complexity index is 584. The molecule has 1 N–H and O–H groups in total. The number of amides is 1. The van der Waals surface area contributed by atoms with Crippen LogP contribution < -0.4 is 4.90 Å². The van der Waals surface area contributed by atoms with Crippen molar-refractivity contribution in [2.45, 2.75) is 51.6 Å². The van der Waals surface area contributed by atoms with E-state index in [-0.39, 0.29) is 0 Å². The third-order valence-corrected chi connectivity index (χ3v) is 5.72. The molecule has 1 amide bonds. The van der Waals surface area contributed by atoms with Gasteiger partial charge in [-0.3, -0.25) is 14.8 Å². The summed E-state index contributed by atoms with van der Waals surface area (Å²) < 4.78 is 0. The quantitative estimate of drug-likeness (QED) is 0.861. The number of piperazine rings is 1. The molecule has 2 aliphatic carbocycles. The van der Waals surface area contributed by atoms with E-state index < -0.39 is 0 Å². The minimum Gasteiger partial charge on any atom is -0.353 e. The largest absolute Gasteiger partial charge is 0.353 e. The van der Waals surface area contributed by atoms with E-state index in [2.05, 4.69) is 37.9 Å². The number of carbonyl (C=O) groups excluding carboxylic acids is 1. The lowest BCUT2D eigenvalue weighted by molar-refractivity contribution is -0.135. The number of aromatic nitrogens is 2. The molecule has 1 aliphatic heterocycles. The summed E-state index contributed by atoms with van der Waals surface area (Å²) >= 11 is 0. The van der Waals surface area contributed by atoms with E-state index in [0.29, 0.717) is 24.5 Å². The highest BCUT2D eigenvalue weighted by atomic mass is 16.2. The summed E-state index contributed by atoms with van der Waals surface area (Å²) in [6.07, 6.45) is 5.02. The summed E-state index contributed by atoms with van der Waals surface area (Å²) in [5, 5.41) is 7.35. The van der Waals surface area contributed by atoms with Gasteiger partial charge in [0, 0.05) is 50.0 Å². The van der Waals surface area contributed by atoms with Crippen LogP contribution in [-0.2, 0) is 4.79 Å². The van der Waals surface area contributed by atoms with Crippen LogP contribution in [0.2, 0.25) is 0 Å². The number of rotatable bonds is 6. The monoisotopic (exact) mass is 331 g/mol. The van der Waals surface area contributed by atoms with Crippen LogP contribution in [0.5, 0.6) is 0 Å². The molecule has 24 heavy (non-hydrogen) atoms. The first-order valence-electron chi connectivity index (χ1n) is 9.42. The van der Waals surface area contributed by atoms with E-state index >= 15 is 0 Å². The van der Waals surface area contributed by atoms with Crippen LogP contribution in [0.1, 0.15) is 38.3 Å². The molecule has 132 valence electrons. The van der Waals surface area contributed by atoms with E-state index in [0.717, 1.165) is 43.6 Å². The Hall–Kier alpha value is -1.56. The molecule has 0 radical (unpaired) electrons. The van der Waals surface area contributed by atoms with Crippen molar-refractivity contribution in [1.29, 1.82) is 0 Å². The number of nitrogens with zero attached hydrogens (tertiary/aromatic N) is 4. The molecule has 1 saturated heterocycles. The zero-order valence-electron chi connectivity index (χ0n) is 14.9. The summed E-state index contributed by atoms with van der Waals surface area (Å²) in [5.74, 6) is 2.13. The number of nitrogens with one attached hydrogen (secondary N) is 1. The molecular formula is C18H29N5O. The lowest BCUT2D eigenvalue weighted by Crippen LogP contribution is -2.52. The smallest absolute Gasteiger partial charge is 0.237 e. The van der Waals surface area contributed by atoms with Crippen LogP contribution in [0.25, 0.3) is 0 Å². The number of hydrogen-bond donors (Lipinski definition) is 1. The molecule has 3 aliphatic rings. The van der Waals surface area contributed by atoms with Gasteiger partial charge in [-0.2, -0.15) is 5.10 Å². The van der Waals surface area contributed by atoms with Crippen molar-refractivity contribution in [1.82, 2.24) is 20.0 Å². The molecule has 0 spiro atoms. The highest BCUT2D eigenvalue weighted by Crippen LogP contribution is 2.39. The Morgan fingerprint density at radius 2 is 2.00 bits per heavy atom. The van der Waals surface area contributed by atoms with Gasteiger partial charge in [0.25, 0.3) is 0 Å². The molecule has 1 aromatic rings. The first-order valence-corrected chi connectivity index (χ1v) is 9.42. The fraction of sp³-hybridized carbons (Fsp3) is 0.778. The van der Waals surface area contributed by atoms with Crippen molar-refractivity contribution in [3.05, 3.63) is 11.8 Å². The van der Waals surface area contributed by atoms with Crippen LogP contribution in [0.3, 0.4) is 0 Å². The molecule has 4 rings (SSSR count). The van der Waals surface area contributed by atoms with Crippen molar-refractivity contribution in [3.8, 4) is 0 Å². The van der Waals surface area contributed by atoms with Gasteiger partial charge in [-0.1, -0.05) is 0 Å². The Kier molecular flexibility index (Phi) is 4.24. The summed E-state index contributed by atoms with van der Waals surface area (Å²) in [5.41, 5.74) is 1.09. The van der Waals surface area contributed by atoms with Crippen molar-refractivity contribution < 1.29 is 4.79 Å². The van der Waals surface area contributed by atoms with Crippen LogP contribution >= 0.6 is 0 Å². The normalized spacial score (nSPS) is 23.3. The molecule has 2 heterocycles. The molecule has 2 saturated carbocycles. The Morgan fingerprint density at radius 1 is 1.29 bits per heavy atom. The third-order valence-electron chi connectivity index (χ3n) is 5.72. The maximum atomic E-state index is 12.9. The lowest BCUT2D eigenvalue weighted by Gasteiger charge is -2.36. The first-order chi connectivity index (χ1) is 11.6. The molecule has 1 atom stereocenters. The van der Waals surface area contributed by atoms with Crippen LogP contribution in [0.15, 0.2) is 6.07 Å². The molecule has 6 heteroatoms. The summed E-state index contributed by atoms with van der Waals surface area (Å²) in [7, 11) is 0. The summed E-state index contributed by atoms with van der Waals surface area (Å²) in [6, 6.07) is 3.06. The van der Waals surface area contributed by atoms with Gasteiger partial charge in [-0.25, -0.2) is 0 Å². The number of anilines is 1. The fourth-order valence-corrected chi connectivity index (χ4v) is 3.90. The zero-order chi connectivity index (χ0) is 16.7. The zero-order valence-corrected chi connectivity index (χ0v) is 14.9. The van der Waals surface area contributed by atoms with Gasteiger partial charge in [-0.15, -0.1) is 0 Å². The van der Waals surface area contributed by atoms with Crippen molar-refractivity contribution >= 4 is 11.7 Å². The Balaban J connectivity index is 1.30. The standard InChI is InChI=1S/C18H29N5O/c1-13-11-17(20-19-13)22-9-7-21(8-10-22)12-18(24)23(16-5-6-16)14(2)15-3-4-15/h11,14-16H,3-10,12H2,1-2H3,(H,19,20). The Labute approximate surface area is 144 Å². The van der Waals surface area contributed by atoms with E-state index in [1.54, 1.807) is 0 Å². The topological polar surface area (TPSA) is 55.5 Å². The number of H-pyrrole nitrogens is 1. The second-order valence-electron chi connectivity index (χ2n) is 7.78. The van der Waals surface area contributed by atoms with Gasteiger partial charge < -0.3 is 9.80 Å². The predicted molar refractivity (Wildman–Crippen MR) is 94.0 cm³/mol. The molecule has 6 nitrogen and oxygen atoms in total. The number of hydrogen-bond acceptors (Lipinski definition) is 4. The first kappa shape index (κ1) is 15.9. The van der Waals surface area contributed by atoms with Gasteiger partial charge in [-0.05, 0) is 45.4 Å². The summed E-state index contributed by atoms with van der Waals surface area (Å²) in [6.45, 7) is 8.63. The van der Waals surface area contributed by atoms with Crippen LogP contribution in [0.4, 0.5) is 5.82 Å². The van der Waals surface area contributed by atoms with E-state index in [1.807, 2.05) is 6.92 Å². The minimum atomic E-state index is 0.348. The predicted octanol–water partition coefficient (Wildman–Crippen LogP) is 1.63. The lowest BCUT2D eigenvalue weighted by atomic mass is 10.1. The summed E-state index contributed by atoms with van der Waals surface area (Å²) in [4.78, 5) is 19.7. The highest BCUT2D eigenvalue weighted by molar-refractivity contribution is 5.79. The molecule has 0 aromatic carbocycles. The molecule has 0 bridgehead atoms. The van der Waals surface area contributed by atoms with Gasteiger partial charge in [0.15, 0.2) is 5.82 Å². The maximum absolute atomic E-state index is 12.9. The van der Waals surface area contributed by atoms with Crippen molar-refractivity contribution in [3.63, 3.8) is 0 Å². The van der Waals surface area contributed by atoms with Crippen LogP contribution in [0, 0.1) is 12.8 Å². The van der Waals surface area contributed by atoms with Gasteiger partial charge in [0.05, 0.1) is 6.54 Å². The van der Waals surface area contributed by atoms with Gasteiger partial charge >= 0.3 is 0 Å². The molecule has 1 unspecified atom stereocenters. The van der Waals surface area contributed by atoms with Crippen LogP contribution in [-0.4, -0.2) is 70.7 Å². The van der Waals surface area contributed by atoms with Crippen molar-refractivity contribution in [2.24, 2.45) is 5.92 Å². The average molecular weight is 331 g/mol.